The Morgan fingerprint density at radius 2 is 2.00 bits per heavy atom. The van der Waals surface area contributed by atoms with Crippen molar-refractivity contribution < 1.29 is 0 Å². The summed E-state index contributed by atoms with van der Waals surface area (Å²) < 4.78 is 1.16. The zero-order valence-corrected chi connectivity index (χ0v) is 13.3. The van der Waals surface area contributed by atoms with Crippen LogP contribution in [0.15, 0.2) is 34.8 Å². The number of thiophene rings is 1. The maximum Gasteiger partial charge on any atom is 0.0431 e. The van der Waals surface area contributed by atoms with Gasteiger partial charge < -0.3 is 5.73 Å². The molecule has 1 aromatic heterocycles. The van der Waals surface area contributed by atoms with E-state index in [1.807, 2.05) is 17.4 Å². The molecule has 1 unspecified atom stereocenters. The normalized spacial score (nSPS) is 16.1. The van der Waals surface area contributed by atoms with Crippen LogP contribution in [0.1, 0.15) is 39.8 Å². The third kappa shape index (κ3) is 2.93. The molecule has 0 amide bonds. The molecule has 0 aliphatic heterocycles. The second-order valence-electron chi connectivity index (χ2n) is 5.21. The summed E-state index contributed by atoms with van der Waals surface area (Å²) in [7, 11) is 0. The molecule has 0 spiro atoms. The van der Waals surface area contributed by atoms with Crippen LogP contribution in [0.4, 0.5) is 0 Å². The van der Waals surface area contributed by atoms with Gasteiger partial charge in [-0.2, -0.15) is 0 Å². The highest BCUT2D eigenvalue weighted by Crippen LogP contribution is 2.33. The van der Waals surface area contributed by atoms with Crippen molar-refractivity contribution in [2.75, 3.05) is 0 Å². The van der Waals surface area contributed by atoms with Gasteiger partial charge in [0.1, 0.15) is 0 Å². The minimum Gasteiger partial charge on any atom is -0.323 e. The Labute approximate surface area is 127 Å². The summed E-state index contributed by atoms with van der Waals surface area (Å²) in [5, 5.41) is 0. The van der Waals surface area contributed by atoms with E-state index in [1.165, 1.54) is 36.1 Å². The van der Waals surface area contributed by atoms with E-state index >= 15 is 0 Å². The average Bonchev–Trinajstić information content (AvgIpc) is 2.85. The molecule has 1 aliphatic carbocycles. The fourth-order valence-electron chi connectivity index (χ4n) is 2.70. The summed E-state index contributed by atoms with van der Waals surface area (Å²) in [6.07, 6.45) is 6.07. The van der Waals surface area contributed by atoms with Gasteiger partial charge in [0.05, 0.1) is 0 Å². The fraction of sp³-hybridized carbons (Fsp3) is 0.375. The molecule has 0 saturated heterocycles. The average molecular weight is 336 g/mol. The van der Waals surface area contributed by atoms with Gasteiger partial charge in [0.15, 0.2) is 0 Å². The standard InChI is InChI=1S/C16H18BrNS/c17-13-7-3-1-5-11(13)9-14(18)16-10-12-6-2-4-8-15(12)19-16/h1,3,5,7,10,14H,2,4,6,8-9,18H2. The number of hydrogen-bond acceptors (Lipinski definition) is 2. The van der Waals surface area contributed by atoms with Crippen molar-refractivity contribution in [3.8, 4) is 0 Å². The van der Waals surface area contributed by atoms with Gasteiger partial charge in [0.25, 0.3) is 0 Å². The highest BCUT2D eigenvalue weighted by atomic mass is 79.9. The van der Waals surface area contributed by atoms with Gasteiger partial charge in [-0.15, -0.1) is 11.3 Å². The van der Waals surface area contributed by atoms with E-state index in [0.717, 1.165) is 10.9 Å². The zero-order valence-electron chi connectivity index (χ0n) is 10.9. The Morgan fingerprint density at radius 1 is 1.21 bits per heavy atom. The third-order valence-electron chi connectivity index (χ3n) is 3.78. The summed E-state index contributed by atoms with van der Waals surface area (Å²) in [5.74, 6) is 0. The molecular formula is C16H18BrNS. The van der Waals surface area contributed by atoms with Crippen LogP contribution >= 0.6 is 27.3 Å². The first-order chi connectivity index (χ1) is 9.24. The van der Waals surface area contributed by atoms with Crippen molar-refractivity contribution in [2.24, 2.45) is 5.73 Å². The fourth-order valence-corrected chi connectivity index (χ4v) is 4.40. The SMILES string of the molecule is NC(Cc1ccccc1Br)c1cc2c(s1)CCCC2. The summed E-state index contributed by atoms with van der Waals surface area (Å²) >= 11 is 5.53. The van der Waals surface area contributed by atoms with Crippen molar-refractivity contribution in [2.45, 2.75) is 38.1 Å². The number of benzene rings is 1. The molecule has 3 heteroatoms. The van der Waals surface area contributed by atoms with Gasteiger partial charge in [0, 0.05) is 20.3 Å². The Balaban J connectivity index is 1.79. The van der Waals surface area contributed by atoms with E-state index in [2.05, 4.69) is 40.2 Å². The van der Waals surface area contributed by atoms with E-state index in [-0.39, 0.29) is 6.04 Å². The molecular weight excluding hydrogens is 318 g/mol. The molecule has 0 saturated carbocycles. The van der Waals surface area contributed by atoms with Crippen LogP contribution in [-0.4, -0.2) is 0 Å². The highest BCUT2D eigenvalue weighted by Gasteiger charge is 2.17. The van der Waals surface area contributed by atoms with Crippen LogP contribution in [0.25, 0.3) is 0 Å². The van der Waals surface area contributed by atoms with E-state index in [0.29, 0.717) is 0 Å². The second-order valence-corrected chi connectivity index (χ2v) is 7.23. The maximum atomic E-state index is 6.40. The first-order valence-electron chi connectivity index (χ1n) is 6.84. The summed E-state index contributed by atoms with van der Waals surface area (Å²) in [5.41, 5.74) is 9.24. The zero-order chi connectivity index (χ0) is 13.2. The van der Waals surface area contributed by atoms with Gasteiger partial charge in [0.2, 0.25) is 0 Å². The molecule has 0 bridgehead atoms. The lowest BCUT2D eigenvalue weighted by Gasteiger charge is -2.11. The largest absolute Gasteiger partial charge is 0.323 e. The molecule has 0 fully saturated rings. The number of hydrogen-bond donors (Lipinski definition) is 1. The van der Waals surface area contributed by atoms with Crippen LogP contribution in [0.5, 0.6) is 0 Å². The maximum absolute atomic E-state index is 6.40. The molecule has 1 heterocycles. The Hall–Kier alpha value is -0.640. The van der Waals surface area contributed by atoms with E-state index in [9.17, 15) is 0 Å². The van der Waals surface area contributed by atoms with E-state index in [1.54, 1.807) is 10.4 Å². The van der Waals surface area contributed by atoms with Gasteiger partial charge in [-0.3, -0.25) is 0 Å². The van der Waals surface area contributed by atoms with Gasteiger partial charge in [-0.25, -0.2) is 0 Å². The Kier molecular flexibility index (Phi) is 4.06. The number of halogens is 1. The molecule has 0 radical (unpaired) electrons. The topological polar surface area (TPSA) is 26.0 Å². The monoisotopic (exact) mass is 335 g/mol. The predicted octanol–water partition coefficient (Wildman–Crippen LogP) is 4.63. The lowest BCUT2D eigenvalue weighted by molar-refractivity contribution is 0.695. The van der Waals surface area contributed by atoms with Gasteiger partial charge in [-0.1, -0.05) is 34.1 Å². The van der Waals surface area contributed by atoms with Crippen molar-refractivity contribution in [1.29, 1.82) is 0 Å². The molecule has 2 aromatic rings. The van der Waals surface area contributed by atoms with Crippen LogP contribution < -0.4 is 5.73 Å². The van der Waals surface area contributed by atoms with Crippen LogP contribution in [0.3, 0.4) is 0 Å². The number of nitrogens with two attached hydrogens (primary N) is 1. The molecule has 2 N–H and O–H groups in total. The quantitative estimate of drug-likeness (QED) is 0.869. The summed E-state index contributed by atoms with van der Waals surface area (Å²) in [6.45, 7) is 0. The summed E-state index contributed by atoms with van der Waals surface area (Å²) in [6, 6.07) is 10.8. The van der Waals surface area contributed by atoms with Gasteiger partial charge >= 0.3 is 0 Å². The van der Waals surface area contributed by atoms with Gasteiger partial charge in [-0.05, 0) is 55.4 Å². The molecule has 1 atom stereocenters. The minimum absolute atomic E-state index is 0.120. The molecule has 1 nitrogen and oxygen atoms in total. The van der Waals surface area contributed by atoms with Crippen molar-refractivity contribution in [3.05, 3.63) is 55.7 Å². The minimum atomic E-state index is 0.120. The molecule has 1 aromatic carbocycles. The van der Waals surface area contributed by atoms with Crippen molar-refractivity contribution >= 4 is 27.3 Å². The first kappa shape index (κ1) is 13.3. The van der Waals surface area contributed by atoms with Crippen LogP contribution in [-0.2, 0) is 19.3 Å². The predicted molar refractivity (Wildman–Crippen MR) is 85.7 cm³/mol. The van der Waals surface area contributed by atoms with E-state index in [4.69, 9.17) is 5.73 Å². The molecule has 3 rings (SSSR count). The molecule has 100 valence electrons. The smallest absolute Gasteiger partial charge is 0.0431 e. The number of aryl methyl sites for hydroxylation is 2. The van der Waals surface area contributed by atoms with Crippen LogP contribution in [0.2, 0.25) is 0 Å². The second kappa shape index (κ2) is 5.78. The Morgan fingerprint density at radius 3 is 2.79 bits per heavy atom. The third-order valence-corrected chi connectivity index (χ3v) is 5.92. The molecule has 1 aliphatic rings. The lowest BCUT2D eigenvalue weighted by Crippen LogP contribution is -2.12. The van der Waals surface area contributed by atoms with Crippen molar-refractivity contribution in [3.63, 3.8) is 0 Å². The van der Waals surface area contributed by atoms with Crippen molar-refractivity contribution in [1.82, 2.24) is 0 Å². The summed E-state index contributed by atoms with van der Waals surface area (Å²) in [4.78, 5) is 2.92. The Bertz CT molecular complexity index is 552. The highest BCUT2D eigenvalue weighted by molar-refractivity contribution is 9.10. The first-order valence-corrected chi connectivity index (χ1v) is 8.45. The number of rotatable bonds is 3. The molecule has 19 heavy (non-hydrogen) atoms. The van der Waals surface area contributed by atoms with Crippen LogP contribution in [0, 0.1) is 0 Å². The lowest BCUT2D eigenvalue weighted by atomic mass is 9.98. The van der Waals surface area contributed by atoms with E-state index < -0.39 is 0 Å². The number of fused-ring (bicyclic) bond motifs is 1.